The molecule has 1 nitrogen and oxygen atoms in total. The largest absolute Gasteiger partial charge is 0.508 e. The van der Waals surface area contributed by atoms with Crippen LogP contribution in [-0.4, -0.2) is 5.11 Å². The lowest BCUT2D eigenvalue weighted by Gasteiger charge is -2.37. The SMILES string of the molecule is CC1CCCC(Cc2ccc(C3(C4=CCC=c5ccc(O)c(C6CCC(C)(C)c7ccccc76)c5=CC4)CC3)cc2)CCC1. The Balaban J connectivity index is 1.15. The van der Waals surface area contributed by atoms with Gasteiger partial charge >= 0.3 is 0 Å². The van der Waals surface area contributed by atoms with E-state index in [-0.39, 0.29) is 16.7 Å². The lowest BCUT2D eigenvalue weighted by atomic mass is 9.67. The van der Waals surface area contributed by atoms with Crippen molar-refractivity contribution in [3.63, 3.8) is 0 Å². The second-order valence-electron chi connectivity index (χ2n) is 15.5. The normalized spacial score (nSPS) is 25.8. The molecule has 2 fully saturated rings. The third-order valence-corrected chi connectivity index (χ3v) is 12.0. The van der Waals surface area contributed by atoms with Crippen LogP contribution in [0.3, 0.4) is 0 Å². The fraction of sp³-hybridized carbons (Fsp3) is 0.488. The van der Waals surface area contributed by atoms with Gasteiger partial charge < -0.3 is 5.11 Å². The Labute approximate surface area is 265 Å². The van der Waals surface area contributed by atoms with Crippen LogP contribution in [-0.2, 0) is 17.3 Å². The van der Waals surface area contributed by atoms with E-state index >= 15 is 0 Å². The monoisotopic (exact) mass is 584 g/mol. The van der Waals surface area contributed by atoms with E-state index in [1.165, 1.54) is 90.5 Å². The Hall–Kier alpha value is -3.06. The maximum Gasteiger partial charge on any atom is 0.120 e. The van der Waals surface area contributed by atoms with E-state index < -0.39 is 0 Å². The van der Waals surface area contributed by atoms with Crippen LogP contribution in [0, 0.1) is 11.8 Å². The van der Waals surface area contributed by atoms with Crippen molar-refractivity contribution >= 4 is 12.2 Å². The summed E-state index contributed by atoms with van der Waals surface area (Å²) >= 11 is 0. The molecule has 3 aromatic carbocycles. The Morgan fingerprint density at radius 3 is 2.27 bits per heavy atom. The summed E-state index contributed by atoms with van der Waals surface area (Å²) in [6, 6.07) is 22.8. The Bertz CT molecular complexity index is 1640. The average Bonchev–Trinajstić information content (AvgIpc) is 3.80. The fourth-order valence-electron chi connectivity index (χ4n) is 9.16. The van der Waals surface area contributed by atoms with E-state index in [1.54, 1.807) is 5.57 Å². The summed E-state index contributed by atoms with van der Waals surface area (Å²) < 4.78 is 0. The first-order valence-electron chi connectivity index (χ1n) is 17.7. The molecule has 7 rings (SSSR count). The standard InChI is InChI=1S/C43H52O/c1-30-9-6-11-31(12-7-10-30)29-32-17-20-35(21-18-32)43(27-28-43)34-14-8-13-33-19-24-40(44)41(36(33)23-22-34)38-25-26-42(2,3)39-16-5-4-15-37(38)39/h4-5,13-21,23-24,30-31,38,44H,6-12,22,25-29H2,1-3H3. The Morgan fingerprint density at radius 1 is 0.773 bits per heavy atom. The molecule has 0 aliphatic heterocycles. The molecule has 1 atom stereocenters. The number of phenols is 1. The van der Waals surface area contributed by atoms with Crippen molar-refractivity contribution in [1.82, 2.24) is 0 Å². The predicted molar refractivity (Wildman–Crippen MR) is 186 cm³/mol. The zero-order valence-electron chi connectivity index (χ0n) is 27.4. The predicted octanol–water partition coefficient (Wildman–Crippen LogP) is 9.76. The van der Waals surface area contributed by atoms with Gasteiger partial charge in [-0.2, -0.15) is 0 Å². The minimum atomic E-state index is 0.166. The minimum absolute atomic E-state index is 0.166. The summed E-state index contributed by atoms with van der Waals surface area (Å²) in [6.07, 6.45) is 23.7. The molecule has 0 amide bonds. The molecule has 4 aliphatic rings. The van der Waals surface area contributed by atoms with Gasteiger partial charge in [0.15, 0.2) is 0 Å². The zero-order valence-corrected chi connectivity index (χ0v) is 27.4. The topological polar surface area (TPSA) is 20.2 Å². The molecule has 44 heavy (non-hydrogen) atoms. The van der Waals surface area contributed by atoms with Gasteiger partial charge in [0, 0.05) is 16.9 Å². The molecule has 1 heteroatoms. The highest BCUT2D eigenvalue weighted by Gasteiger charge is 2.46. The van der Waals surface area contributed by atoms with Crippen molar-refractivity contribution in [2.24, 2.45) is 11.8 Å². The second-order valence-corrected chi connectivity index (χ2v) is 15.5. The number of fused-ring (bicyclic) bond motifs is 2. The number of benzene rings is 3. The van der Waals surface area contributed by atoms with Crippen molar-refractivity contribution in [1.29, 1.82) is 0 Å². The molecule has 0 heterocycles. The van der Waals surface area contributed by atoms with Crippen LogP contribution in [0.1, 0.15) is 132 Å². The van der Waals surface area contributed by atoms with Crippen LogP contribution >= 0.6 is 0 Å². The molecule has 0 spiro atoms. The first-order valence-corrected chi connectivity index (χ1v) is 17.7. The molecule has 0 bridgehead atoms. The van der Waals surface area contributed by atoms with Gasteiger partial charge in [0.25, 0.3) is 0 Å². The average molecular weight is 585 g/mol. The van der Waals surface area contributed by atoms with E-state index in [0.29, 0.717) is 5.75 Å². The Kier molecular flexibility index (Phi) is 8.11. The van der Waals surface area contributed by atoms with E-state index in [4.69, 9.17) is 0 Å². The van der Waals surface area contributed by atoms with Crippen LogP contribution in [0.5, 0.6) is 5.75 Å². The Morgan fingerprint density at radius 2 is 1.52 bits per heavy atom. The van der Waals surface area contributed by atoms with Crippen molar-refractivity contribution in [3.05, 3.63) is 111 Å². The number of hydrogen-bond donors (Lipinski definition) is 1. The number of phenolic OH excluding ortho intramolecular Hbond substituents is 1. The molecule has 230 valence electrons. The molecule has 1 unspecified atom stereocenters. The van der Waals surface area contributed by atoms with Crippen molar-refractivity contribution in [3.8, 4) is 5.75 Å². The molecule has 1 N–H and O–H groups in total. The minimum Gasteiger partial charge on any atom is -0.508 e. The van der Waals surface area contributed by atoms with Gasteiger partial charge in [0.05, 0.1) is 0 Å². The van der Waals surface area contributed by atoms with E-state index in [2.05, 4.69) is 93.6 Å². The molecular weight excluding hydrogens is 532 g/mol. The van der Waals surface area contributed by atoms with E-state index in [9.17, 15) is 5.11 Å². The fourth-order valence-corrected chi connectivity index (χ4v) is 9.16. The van der Waals surface area contributed by atoms with Crippen molar-refractivity contribution in [2.45, 2.75) is 121 Å². The molecule has 0 aromatic heterocycles. The van der Waals surface area contributed by atoms with Gasteiger partial charge in [0.1, 0.15) is 5.75 Å². The molecule has 2 saturated carbocycles. The molecule has 4 aliphatic carbocycles. The first kappa shape index (κ1) is 29.6. The van der Waals surface area contributed by atoms with Crippen LogP contribution in [0.25, 0.3) is 12.2 Å². The van der Waals surface area contributed by atoms with Gasteiger partial charge in [0.2, 0.25) is 0 Å². The third kappa shape index (κ3) is 5.73. The number of allylic oxidation sites excluding steroid dienone is 2. The van der Waals surface area contributed by atoms with Crippen molar-refractivity contribution in [2.75, 3.05) is 0 Å². The van der Waals surface area contributed by atoms with Crippen LogP contribution in [0.2, 0.25) is 0 Å². The number of aromatic hydroxyl groups is 1. The summed E-state index contributed by atoms with van der Waals surface area (Å²) in [5, 5.41) is 13.9. The molecule has 0 saturated heterocycles. The quantitative estimate of drug-likeness (QED) is 0.296. The van der Waals surface area contributed by atoms with E-state index in [1.807, 2.05) is 6.07 Å². The van der Waals surface area contributed by atoms with E-state index in [0.717, 1.165) is 43.1 Å². The molecule has 3 aromatic rings. The lowest BCUT2D eigenvalue weighted by molar-refractivity contribution is 0.329. The first-order chi connectivity index (χ1) is 21.3. The van der Waals surface area contributed by atoms with Gasteiger partial charge in [-0.25, -0.2) is 0 Å². The summed E-state index contributed by atoms with van der Waals surface area (Å²) in [7, 11) is 0. The highest BCUT2D eigenvalue weighted by molar-refractivity contribution is 5.55. The van der Waals surface area contributed by atoms with Crippen molar-refractivity contribution < 1.29 is 5.11 Å². The zero-order chi connectivity index (χ0) is 30.3. The molecular formula is C43H52O. The van der Waals surface area contributed by atoms with Crippen LogP contribution in [0.4, 0.5) is 0 Å². The van der Waals surface area contributed by atoms with Gasteiger partial charge in [-0.3, -0.25) is 0 Å². The van der Waals surface area contributed by atoms with Gasteiger partial charge in [-0.1, -0.05) is 138 Å². The highest BCUT2D eigenvalue weighted by Crippen LogP contribution is 2.55. The second kappa shape index (κ2) is 12.0. The number of rotatable bonds is 5. The summed E-state index contributed by atoms with van der Waals surface area (Å²) in [4.78, 5) is 0. The summed E-state index contributed by atoms with van der Waals surface area (Å²) in [5.74, 6) is 2.46. The van der Waals surface area contributed by atoms with Crippen LogP contribution < -0.4 is 10.4 Å². The van der Waals surface area contributed by atoms with Crippen LogP contribution in [0.15, 0.2) is 72.3 Å². The highest BCUT2D eigenvalue weighted by atomic mass is 16.3. The van der Waals surface area contributed by atoms with Gasteiger partial charge in [-0.15, -0.1) is 0 Å². The summed E-state index contributed by atoms with van der Waals surface area (Å²) in [6.45, 7) is 7.18. The number of hydrogen-bond acceptors (Lipinski definition) is 1. The molecule has 0 radical (unpaired) electrons. The maximum absolute atomic E-state index is 11.4. The third-order valence-electron chi connectivity index (χ3n) is 12.0. The maximum atomic E-state index is 11.4. The van der Waals surface area contributed by atoms with Gasteiger partial charge in [-0.05, 0) is 101 Å². The smallest absolute Gasteiger partial charge is 0.120 e. The summed E-state index contributed by atoms with van der Waals surface area (Å²) in [5.41, 5.74) is 8.93. The lowest BCUT2D eigenvalue weighted by Crippen LogP contribution is -2.34.